The molecule has 1 saturated heterocycles. The Morgan fingerprint density at radius 3 is 1.86 bits per heavy atom. The van der Waals surface area contributed by atoms with E-state index in [-0.39, 0.29) is 29.0 Å². The van der Waals surface area contributed by atoms with Crippen LogP contribution in [0.2, 0.25) is 5.04 Å². The lowest BCUT2D eigenvalue weighted by Crippen LogP contribution is -2.67. The standard InChI is InChI=1S/C30H37NO3Si/c1-23(33-22-24-14-8-5-9-15-24)28-27(31-29(28)32)20-21-34-35(30(2,3)4,25-16-10-6-11-17-25)26-18-12-7-13-19-26/h5-19,23,27-28H,20-22H2,1-4H3,(H,31,32)/t23-,27-,28-/m1/s1. The van der Waals surface area contributed by atoms with E-state index in [0.29, 0.717) is 13.2 Å². The molecular weight excluding hydrogens is 450 g/mol. The van der Waals surface area contributed by atoms with Crippen LogP contribution in [0.3, 0.4) is 0 Å². The summed E-state index contributed by atoms with van der Waals surface area (Å²) in [6, 6.07) is 31.5. The number of β-lactam (4-membered cyclic amide) rings is 1. The molecule has 5 heteroatoms. The van der Waals surface area contributed by atoms with Crippen LogP contribution >= 0.6 is 0 Å². The number of hydrogen-bond donors (Lipinski definition) is 1. The molecule has 0 unspecified atom stereocenters. The fraction of sp³-hybridized carbons (Fsp3) is 0.367. The number of carbonyl (C=O) groups excluding carboxylic acids is 1. The number of nitrogens with one attached hydrogen (secondary N) is 1. The van der Waals surface area contributed by atoms with Gasteiger partial charge in [0, 0.05) is 12.6 Å². The molecule has 1 aliphatic rings. The highest BCUT2D eigenvalue weighted by Crippen LogP contribution is 2.37. The van der Waals surface area contributed by atoms with E-state index in [4.69, 9.17) is 9.16 Å². The van der Waals surface area contributed by atoms with Crippen molar-refractivity contribution in [3.8, 4) is 0 Å². The maximum Gasteiger partial charge on any atom is 0.261 e. The van der Waals surface area contributed by atoms with Gasteiger partial charge in [-0.2, -0.15) is 0 Å². The van der Waals surface area contributed by atoms with E-state index in [9.17, 15) is 4.79 Å². The number of benzene rings is 3. The fourth-order valence-corrected chi connectivity index (χ4v) is 9.83. The van der Waals surface area contributed by atoms with Gasteiger partial charge in [0.05, 0.1) is 18.6 Å². The summed E-state index contributed by atoms with van der Waals surface area (Å²) in [7, 11) is -2.57. The van der Waals surface area contributed by atoms with E-state index < -0.39 is 8.32 Å². The average Bonchev–Trinajstić information content (AvgIpc) is 2.85. The Labute approximate surface area is 210 Å². The molecule has 0 aromatic heterocycles. The van der Waals surface area contributed by atoms with E-state index in [0.717, 1.165) is 12.0 Å². The van der Waals surface area contributed by atoms with Gasteiger partial charge < -0.3 is 14.5 Å². The molecule has 3 atom stereocenters. The number of ether oxygens (including phenoxy) is 1. The lowest BCUT2D eigenvalue weighted by molar-refractivity contribution is -0.144. The van der Waals surface area contributed by atoms with Gasteiger partial charge in [-0.1, -0.05) is 112 Å². The molecule has 184 valence electrons. The topological polar surface area (TPSA) is 47.6 Å². The van der Waals surface area contributed by atoms with Crippen molar-refractivity contribution in [3.63, 3.8) is 0 Å². The van der Waals surface area contributed by atoms with Crippen LogP contribution in [0, 0.1) is 5.92 Å². The van der Waals surface area contributed by atoms with Gasteiger partial charge in [0.15, 0.2) is 0 Å². The van der Waals surface area contributed by atoms with Gasteiger partial charge in [0.1, 0.15) is 0 Å². The Kier molecular flexibility index (Phi) is 7.90. The average molecular weight is 488 g/mol. The smallest absolute Gasteiger partial charge is 0.261 e. The molecule has 0 bridgehead atoms. The molecule has 0 aliphatic carbocycles. The monoisotopic (exact) mass is 487 g/mol. The van der Waals surface area contributed by atoms with Gasteiger partial charge in [-0.05, 0) is 34.3 Å². The summed E-state index contributed by atoms with van der Waals surface area (Å²) in [4.78, 5) is 12.4. The first kappa shape index (κ1) is 25.4. The van der Waals surface area contributed by atoms with Gasteiger partial charge in [0.25, 0.3) is 8.32 Å². The molecule has 1 fully saturated rings. The highest BCUT2D eigenvalue weighted by atomic mass is 28.4. The predicted molar refractivity (Wildman–Crippen MR) is 144 cm³/mol. The van der Waals surface area contributed by atoms with Crippen molar-refractivity contribution in [2.45, 2.75) is 57.9 Å². The molecule has 1 aliphatic heterocycles. The molecule has 35 heavy (non-hydrogen) atoms. The Morgan fingerprint density at radius 1 is 0.857 bits per heavy atom. The summed E-state index contributed by atoms with van der Waals surface area (Å²) < 4.78 is 13.1. The normalized spacial score (nSPS) is 19.0. The molecule has 4 rings (SSSR count). The van der Waals surface area contributed by atoms with Crippen LogP contribution in [0.15, 0.2) is 91.0 Å². The molecule has 3 aromatic rings. The molecule has 3 aromatic carbocycles. The third-order valence-electron chi connectivity index (χ3n) is 7.09. The van der Waals surface area contributed by atoms with Crippen LogP contribution in [0.1, 0.15) is 39.7 Å². The zero-order valence-electron chi connectivity index (χ0n) is 21.2. The van der Waals surface area contributed by atoms with Gasteiger partial charge in [-0.25, -0.2) is 0 Å². The highest BCUT2D eigenvalue weighted by Gasteiger charge is 2.50. The van der Waals surface area contributed by atoms with E-state index in [1.54, 1.807) is 0 Å². The Morgan fingerprint density at radius 2 is 1.37 bits per heavy atom. The van der Waals surface area contributed by atoms with Gasteiger partial charge in [-0.15, -0.1) is 0 Å². The van der Waals surface area contributed by atoms with Gasteiger partial charge in [-0.3, -0.25) is 4.79 Å². The summed E-state index contributed by atoms with van der Waals surface area (Å²) in [6.45, 7) is 9.95. The molecule has 1 N–H and O–H groups in total. The van der Waals surface area contributed by atoms with Gasteiger partial charge in [0.2, 0.25) is 5.91 Å². The highest BCUT2D eigenvalue weighted by molar-refractivity contribution is 6.99. The zero-order valence-corrected chi connectivity index (χ0v) is 22.2. The maximum absolute atomic E-state index is 12.4. The fourth-order valence-electron chi connectivity index (χ4n) is 5.25. The quantitative estimate of drug-likeness (QED) is 0.334. The summed E-state index contributed by atoms with van der Waals surface area (Å²) in [5.41, 5.74) is 1.12. The first-order chi connectivity index (χ1) is 16.8. The lowest BCUT2D eigenvalue weighted by Gasteiger charge is -2.44. The van der Waals surface area contributed by atoms with E-state index in [1.807, 2.05) is 37.3 Å². The summed E-state index contributed by atoms with van der Waals surface area (Å²) >= 11 is 0. The minimum atomic E-state index is -2.57. The van der Waals surface area contributed by atoms with Crippen molar-refractivity contribution in [1.29, 1.82) is 0 Å². The molecule has 4 nitrogen and oxygen atoms in total. The minimum absolute atomic E-state index is 0.0616. The number of hydrogen-bond acceptors (Lipinski definition) is 3. The number of carbonyl (C=O) groups is 1. The van der Waals surface area contributed by atoms with Crippen LogP contribution in [-0.2, 0) is 20.6 Å². The van der Waals surface area contributed by atoms with Gasteiger partial charge >= 0.3 is 0 Å². The predicted octanol–water partition coefficient (Wildman–Crippen LogP) is 4.67. The van der Waals surface area contributed by atoms with Crippen molar-refractivity contribution >= 4 is 24.6 Å². The maximum atomic E-state index is 12.4. The first-order valence-electron chi connectivity index (χ1n) is 12.5. The molecule has 0 saturated carbocycles. The van der Waals surface area contributed by atoms with Crippen LogP contribution in [0.4, 0.5) is 0 Å². The number of amides is 1. The third kappa shape index (κ3) is 5.42. The summed E-state index contributed by atoms with van der Waals surface area (Å²) in [6.07, 6.45) is 0.613. The van der Waals surface area contributed by atoms with Crippen LogP contribution in [0.25, 0.3) is 0 Å². The second-order valence-electron chi connectivity index (χ2n) is 10.4. The van der Waals surface area contributed by atoms with E-state index in [2.05, 4.69) is 86.8 Å². The van der Waals surface area contributed by atoms with E-state index in [1.165, 1.54) is 10.4 Å². The Balaban J connectivity index is 1.47. The summed E-state index contributed by atoms with van der Waals surface area (Å²) in [5.74, 6) is -0.0810. The number of rotatable bonds is 10. The second-order valence-corrected chi connectivity index (χ2v) is 14.7. The van der Waals surface area contributed by atoms with Crippen molar-refractivity contribution in [2.24, 2.45) is 5.92 Å². The van der Waals surface area contributed by atoms with Crippen molar-refractivity contribution in [1.82, 2.24) is 5.32 Å². The van der Waals surface area contributed by atoms with Crippen LogP contribution < -0.4 is 15.7 Å². The molecule has 1 heterocycles. The summed E-state index contributed by atoms with van der Waals surface area (Å²) in [5, 5.41) is 5.57. The first-order valence-corrected chi connectivity index (χ1v) is 14.4. The largest absolute Gasteiger partial charge is 0.407 e. The SMILES string of the molecule is C[C@@H](OCc1ccccc1)[C@H]1C(=O)N[C@@H]1CCO[Si](c1ccccc1)(c1ccccc1)C(C)(C)C. The van der Waals surface area contributed by atoms with Crippen molar-refractivity contribution in [2.75, 3.05) is 6.61 Å². The van der Waals surface area contributed by atoms with Crippen LogP contribution in [0.5, 0.6) is 0 Å². The molecular formula is C30H37NO3Si. The van der Waals surface area contributed by atoms with E-state index >= 15 is 0 Å². The molecule has 0 spiro atoms. The zero-order chi connectivity index (χ0) is 24.9. The third-order valence-corrected chi connectivity index (χ3v) is 12.1. The second kappa shape index (κ2) is 10.9. The van der Waals surface area contributed by atoms with Crippen molar-refractivity contribution < 1.29 is 14.0 Å². The molecule has 0 radical (unpaired) electrons. The minimum Gasteiger partial charge on any atom is -0.407 e. The van der Waals surface area contributed by atoms with Crippen LogP contribution in [-0.4, -0.2) is 33.0 Å². The molecule has 1 amide bonds. The lowest BCUT2D eigenvalue weighted by atomic mass is 9.84. The Hall–Kier alpha value is -2.73. The Bertz CT molecular complexity index is 1040. The van der Waals surface area contributed by atoms with Crippen molar-refractivity contribution in [3.05, 3.63) is 96.6 Å².